The fourth-order valence-corrected chi connectivity index (χ4v) is 6.20. The zero-order valence-electron chi connectivity index (χ0n) is 10.4. The maximum absolute atomic E-state index is 11.1. The number of rotatable bonds is 2. The average molecular weight is 222 g/mol. The van der Waals surface area contributed by atoms with Crippen LogP contribution in [0.4, 0.5) is 0 Å². The lowest BCUT2D eigenvalue weighted by atomic mass is 9.40. The Morgan fingerprint density at radius 1 is 1.12 bits per heavy atom. The molecule has 0 aromatic rings. The second-order valence-corrected chi connectivity index (χ2v) is 7.70. The van der Waals surface area contributed by atoms with Crippen molar-refractivity contribution >= 4 is 5.97 Å². The summed E-state index contributed by atoms with van der Waals surface area (Å²) in [6.07, 6.45) is 7.96. The number of hydrogen-bond acceptors (Lipinski definition) is 1. The van der Waals surface area contributed by atoms with Crippen molar-refractivity contribution < 1.29 is 9.90 Å². The molecule has 0 amide bonds. The van der Waals surface area contributed by atoms with Gasteiger partial charge in [-0.05, 0) is 60.7 Å². The van der Waals surface area contributed by atoms with E-state index in [-0.39, 0.29) is 5.41 Å². The maximum Gasteiger partial charge on any atom is 0.303 e. The van der Waals surface area contributed by atoms with Crippen LogP contribution in [0.3, 0.4) is 0 Å². The van der Waals surface area contributed by atoms with Crippen LogP contribution in [0.1, 0.15) is 58.8 Å². The number of carboxylic acid groups (broad SMARTS) is 1. The zero-order valence-corrected chi connectivity index (χ0v) is 10.4. The highest BCUT2D eigenvalue weighted by Crippen LogP contribution is 2.70. The summed E-state index contributed by atoms with van der Waals surface area (Å²) in [6.45, 7) is 4.79. The van der Waals surface area contributed by atoms with Gasteiger partial charge < -0.3 is 5.11 Å². The van der Waals surface area contributed by atoms with Gasteiger partial charge in [0.15, 0.2) is 0 Å². The predicted molar refractivity (Wildman–Crippen MR) is 62.1 cm³/mol. The molecular formula is C14H22O2. The molecule has 4 aliphatic carbocycles. The van der Waals surface area contributed by atoms with Crippen LogP contribution in [-0.4, -0.2) is 11.1 Å². The zero-order chi connectivity index (χ0) is 11.6. The summed E-state index contributed by atoms with van der Waals surface area (Å²) in [5.41, 5.74) is 1.04. The van der Waals surface area contributed by atoms with Gasteiger partial charge in [0.2, 0.25) is 0 Å². The summed E-state index contributed by atoms with van der Waals surface area (Å²) in [6, 6.07) is 0. The molecule has 0 aromatic carbocycles. The van der Waals surface area contributed by atoms with Crippen molar-refractivity contribution in [2.75, 3.05) is 0 Å². The van der Waals surface area contributed by atoms with Gasteiger partial charge in [0.05, 0.1) is 6.42 Å². The van der Waals surface area contributed by atoms with Crippen molar-refractivity contribution in [2.45, 2.75) is 58.8 Å². The van der Waals surface area contributed by atoms with Crippen molar-refractivity contribution in [2.24, 2.45) is 22.2 Å². The van der Waals surface area contributed by atoms with Gasteiger partial charge in [-0.1, -0.05) is 13.8 Å². The van der Waals surface area contributed by atoms with E-state index < -0.39 is 5.97 Å². The molecule has 4 rings (SSSR count). The van der Waals surface area contributed by atoms with Crippen molar-refractivity contribution in [3.8, 4) is 0 Å². The average Bonchev–Trinajstić information content (AvgIpc) is 1.91. The molecule has 0 heterocycles. The molecule has 0 saturated heterocycles. The molecule has 4 aliphatic rings. The molecule has 0 aromatic heterocycles. The summed E-state index contributed by atoms with van der Waals surface area (Å²) >= 11 is 0. The Bertz CT molecular complexity index is 329. The Balaban J connectivity index is 1.95. The fraction of sp³-hybridized carbons (Fsp3) is 0.929. The fourth-order valence-electron chi connectivity index (χ4n) is 6.20. The van der Waals surface area contributed by atoms with Crippen molar-refractivity contribution in [3.63, 3.8) is 0 Å². The second-order valence-electron chi connectivity index (χ2n) is 7.70. The minimum atomic E-state index is -0.589. The molecule has 4 bridgehead atoms. The van der Waals surface area contributed by atoms with Crippen LogP contribution in [0.25, 0.3) is 0 Å². The third kappa shape index (κ3) is 1.49. The molecule has 16 heavy (non-hydrogen) atoms. The van der Waals surface area contributed by atoms with Gasteiger partial charge in [-0.2, -0.15) is 0 Å². The van der Waals surface area contributed by atoms with Crippen LogP contribution in [0.5, 0.6) is 0 Å². The highest BCUT2D eigenvalue weighted by molar-refractivity contribution is 5.67. The van der Waals surface area contributed by atoms with Crippen LogP contribution in [0.15, 0.2) is 0 Å². The van der Waals surface area contributed by atoms with E-state index in [4.69, 9.17) is 5.11 Å². The van der Waals surface area contributed by atoms with Crippen molar-refractivity contribution in [1.82, 2.24) is 0 Å². The van der Waals surface area contributed by atoms with Crippen LogP contribution in [-0.2, 0) is 4.79 Å². The Labute approximate surface area is 97.4 Å². The molecule has 2 unspecified atom stereocenters. The monoisotopic (exact) mass is 222 g/mol. The number of aliphatic carboxylic acids is 1. The first-order chi connectivity index (χ1) is 7.32. The Kier molecular flexibility index (Phi) is 1.88. The van der Waals surface area contributed by atoms with Crippen LogP contribution in [0.2, 0.25) is 0 Å². The highest BCUT2D eigenvalue weighted by Gasteiger charge is 2.60. The molecule has 1 N–H and O–H groups in total. The van der Waals surface area contributed by atoms with E-state index in [0.29, 0.717) is 17.3 Å². The molecule has 0 radical (unpaired) electrons. The van der Waals surface area contributed by atoms with Gasteiger partial charge in [-0.15, -0.1) is 0 Å². The molecule has 0 spiro atoms. The van der Waals surface area contributed by atoms with Crippen LogP contribution >= 0.6 is 0 Å². The molecule has 2 heteroatoms. The number of carbonyl (C=O) groups is 1. The Morgan fingerprint density at radius 3 is 2.12 bits per heavy atom. The molecule has 4 saturated carbocycles. The summed E-state index contributed by atoms with van der Waals surface area (Å²) in [5, 5.41) is 9.14. The van der Waals surface area contributed by atoms with Gasteiger partial charge in [0, 0.05) is 0 Å². The van der Waals surface area contributed by atoms with E-state index in [1.807, 2.05) is 0 Å². The summed E-state index contributed by atoms with van der Waals surface area (Å²) in [7, 11) is 0. The normalized spacial score (nSPS) is 54.2. The van der Waals surface area contributed by atoms with E-state index in [1.54, 1.807) is 0 Å². The van der Waals surface area contributed by atoms with E-state index in [0.717, 1.165) is 5.92 Å². The van der Waals surface area contributed by atoms with Gasteiger partial charge >= 0.3 is 5.97 Å². The Morgan fingerprint density at radius 2 is 1.69 bits per heavy atom. The lowest BCUT2D eigenvalue weighted by molar-refractivity contribution is -0.164. The minimum Gasteiger partial charge on any atom is -0.481 e. The third-order valence-corrected chi connectivity index (χ3v) is 5.27. The molecule has 2 nitrogen and oxygen atoms in total. The standard InChI is InChI=1S/C14H22O2/c1-12-3-10-4-13(2,7-12)9-14(5-10,8-12)6-11(15)16/h10H,3-9H2,1-2H3,(H,15,16). The first kappa shape index (κ1) is 10.6. The van der Waals surface area contributed by atoms with Crippen LogP contribution < -0.4 is 0 Å². The molecule has 2 atom stereocenters. The Hall–Kier alpha value is -0.530. The largest absolute Gasteiger partial charge is 0.481 e. The maximum atomic E-state index is 11.1. The summed E-state index contributed by atoms with van der Waals surface area (Å²) < 4.78 is 0. The summed E-state index contributed by atoms with van der Waals surface area (Å²) in [5.74, 6) is 0.222. The lowest BCUT2D eigenvalue weighted by Gasteiger charge is -2.65. The second kappa shape index (κ2) is 2.83. The first-order valence-corrected chi connectivity index (χ1v) is 6.54. The van der Waals surface area contributed by atoms with Crippen molar-refractivity contribution in [3.05, 3.63) is 0 Å². The van der Waals surface area contributed by atoms with Gasteiger partial charge in [-0.25, -0.2) is 0 Å². The van der Waals surface area contributed by atoms with E-state index in [2.05, 4.69) is 13.8 Å². The molecular weight excluding hydrogens is 200 g/mol. The number of hydrogen-bond donors (Lipinski definition) is 1. The molecule has 0 aliphatic heterocycles. The third-order valence-electron chi connectivity index (χ3n) is 5.27. The molecule has 4 fully saturated rings. The SMILES string of the molecule is CC12CC3CC(C)(C1)CC(CC(=O)O)(C3)C2. The van der Waals surface area contributed by atoms with E-state index in [9.17, 15) is 4.79 Å². The topological polar surface area (TPSA) is 37.3 Å². The van der Waals surface area contributed by atoms with Crippen molar-refractivity contribution in [1.29, 1.82) is 0 Å². The van der Waals surface area contributed by atoms with Gasteiger partial charge in [0.25, 0.3) is 0 Å². The minimum absolute atomic E-state index is 0.148. The smallest absolute Gasteiger partial charge is 0.303 e. The predicted octanol–water partition coefficient (Wildman–Crippen LogP) is 3.46. The van der Waals surface area contributed by atoms with Crippen LogP contribution in [0, 0.1) is 22.2 Å². The number of carboxylic acids is 1. The summed E-state index contributed by atoms with van der Waals surface area (Å²) in [4.78, 5) is 11.1. The van der Waals surface area contributed by atoms with Gasteiger partial charge in [0.1, 0.15) is 0 Å². The molecule has 90 valence electrons. The lowest BCUT2D eigenvalue weighted by Crippen LogP contribution is -2.55. The first-order valence-electron chi connectivity index (χ1n) is 6.54. The quantitative estimate of drug-likeness (QED) is 0.777. The van der Waals surface area contributed by atoms with E-state index >= 15 is 0 Å². The van der Waals surface area contributed by atoms with E-state index in [1.165, 1.54) is 38.5 Å². The van der Waals surface area contributed by atoms with Gasteiger partial charge in [-0.3, -0.25) is 4.79 Å². The highest BCUT2D eigenvalue weighted by atomic mass is 16.4.